The zero-order valence-corrected chi connectivity index (χ0v) is 23.0. The van der Waals surface area contributed by atoms with Crippen LogP contribution in [0.5, 0.6) is 5.75 Å². The molecule has 1 amide bonds. The maximum atomic E-state index is 14.1. The van der Waals surface area contributed by atoms with Crippen molar-refractivity contribution in [3.8, 4) is 11.4 Å². The highest BCUT2D eigenvalue weighted by molar-refractivity contribution is 7.99. The van der Waals surface area contributed by atoms with E-state index in [1.54, 1.807) is 28.8 Å². The summed E-state index contributed by atoms with van der Waals surface area (Å²) in [5, 5.41) is 14.2. The topological polar surface area (TPSA) is 139 Å². The summed E-state index contributed by atoms with van der Waals surface area (Å²) >= 11 is 1.83. The van der Waals surface area contributed by atoms with Crippen LogP contribution >= 0.6 is 11.8 Å². The van der Waals surface area contributed by atoms with Crippen molar-refractivity contribution in [1.29, 1.82) is 0 Å². The second kappa shape index (κ2) is 11.8. The molecule has 0 unspecified atom stereocenters. The van der Waals surface area contributed by atoms with Crippen LogP contribution in [0.4, 0.5) is 4.39 Å². The molecule has 2 fully saturated rings. The van der Waals surface area contributed by atoms with Crippen molar-refractivity contribution in [2.45, 2.75) is 56.7 Å². The van der Waals surface area contributed by atoms with Crippen LogP contribution < -0.4 is 21.3 Å². The number of benzene rings is 1. The van der Waals surface area contributed by atoms with Gasteiger partial charge in [0, 0.05) is 18.1 Å². The van der Waals surface area contributed by atoms with Gasteiger partial charge in [0.25, 0.3) is 11.5 Å². The lowest BCUT2D eigenvalue weighted by Crippen LogP contribution is -2.47. The number of fused-ring (bicyclic) bond motifs is 1. The Labute approximate surface area is 237 Å². The van der Waals surface area contributed by atoms with Crippen LogP contribution in [-0.4, -0.2) is 64.4 Å². The van der Waals surface area contributed by atoms with Gasteiger partial charge in [-0.15, -0.1) is 5.10 Å². The molecule has 2 aliphatic rings. The highest BCUT2D eigenvalue weighted by atomic mass is 32.2. The molecule has 0 radical (unpaired) electrons. The molecule has 3 aromatic heterocycles. The van der Waals surface area contributed by atoms with Gasteiger partial charge in [-0.05, 0) is 90.8 Å². The molecule has 6 rings (SSSR count). The van der Waals surface area contributed by atoms with E-state index in [1.165, 1.54) is 21.6 Å². The molecule has 0 atom stereocenters. The Morgan fingerprint density at radius 2 is 1.76 bits per heavy atom. The first-order valence-corrected chi connectivity index (χ1v) is 14.8. The molecule has 0 bridgehead atoms. The van der Waals surface area contributed by atoms with Gasteiger partial charge in [-0.2, -0.15) is 11.8 Å². The van der Waals surface area contributed by atoms with Crippen molar-refractivity contribution in [2.75, 3.05) is 18.1 Å². The fraction of sp³-hybridized carbons (Fsp3) is 0.444. The number of hydrogen-bond donors (Lipinski definition) is 1. The SMILES string of the molecule is O=C(COc1ccc(-n2cnnn2)cc1)N[C@H]1CC[C@@H](n2c(=O)c3cc(F)cnc3n(C3CCSCC3)c2=O)CC1. The van der Waals surface area contributed by atoms with Crippen molar-refractivity contribution in [1.82, 2.24) is 39.6 Å². The molecule has 0 spiro atoms. The molecular weight excluding hydrogens is 551 g/mol. The summed E-state index contributed by atoms with van der Waals surface area (Å²) < 4.78 is 24.2. The molecular formula is C27H29FN8O4S. The van der Waals surface area contributed by atoms with Crippen LogP contribution in [0.15, 0.2) is 52.4 Å². The third-order valence-electron chi connectivity index (χ3n) is 7.73. The average Bonchev–Trinajstić information content (AvgIpc) is 3.54. The smallest absolute Gasteiger partial charge is 0.333 e. The van der Waals surface area contributed by atoms with Crippen molar-refractivity contribution < 1.29 is 13.9 Å². The molecule has 14 heteroatoms. The molecule has 12 nitrogen and oxygen atoms in total. The summed E-state index contributed by atoms with van der Waals surface area (Å²) in [6, 6.07) is 7.69. The molecule has 214 valence electrons. The van der Waals surface area contributed by atoms with Crippen LogP contribution in [0.3, 0.4) is 0 Å². The largest absolute Gasteiger partial charge is 0.484 e. The Bertz CT molecular complexity index is 1640. The fourth-order valence-electron chi connectivity index (χ4n) is 5.67. The van der Waals surface area contributed by atoms with Gasteiger partial charge in [0.2, 0.25) is 0 Å². The molecule has 1 aromatic carbocycles. The van der Waals surface area contributed by atoms with Gasteiger partial charge in [0.1, 0.15) is 23.5 Å². The number of carbonyl (C=O) groups excluding carboxylic acids is 1. The molecule has 1 N–H and O–H groups in total. The Hall–Kier alpha value is -4.07. The van der Waals surface area contributed by atoms with Gasteiger partial charge in [-0.25, -0.2) is 18.9 Å². The van der Waals surface area contributed by atoms with Crippen molar-refractivity contribution in [3.63, 3.8) is 0 Å². The fourth-order valence-corrected chi connectivity index (χ4v) is 6.75. The number of ether oxygens (including phenoxy) is 1. The lowest BCUT2D eigenvalue weighted by atomic mass is 9.91. The summed E-state index contributed by atoms with van der Waals surface area (Å²) in [6.07, 6.45) is 6.40. The molecule has 1 aliphatic heterocycles. The number of thioether (sulfide) groups is 1. The Morgan fingerprint density at radius 1 is 1.02 bits per heavy atom. The maximum absolute atomic E-state index is 14.1. The van der Waals surface area contributed by atoms with Gasteiger partial charge in [0.15, 0.2) is 6.61 Å². The highest BCUT2D eigenvalue weighted by Crippen LogP contribution is 2.30. The number of halogens is 1. The number of pyridine rings is 1. The molecule has 1 saturated carbocycles. The lowest BCUT2D eigenvalue weighted by Gasteiger charge is -2.31. The first-order valence-electron chi connectivity index (χ1n) is 13.6. The number of aromatic nitrogens is 7. The predicted octanol–water partition coefficient (Wildman–Crippen LogP) is 2.42. The minimum Gasteiger partial charge on any atom is -0.484 e. The van der Waals surface area contributed by atoms with Crippen LogP contribution in [-0.2, 0) is 4.79 Å². The van der Waals surface area contributed by atoms with E-state index in [2.05, 4.69) is 25.8 Å². The van der Waals surface area contributed by atoms with Crippen LogP contribution in [0.1, 0.15) is 50.6 Å². The second-order valence-corrected chi connectivity index (χ2v) is 11.5. The summed E-state index contributed by atoms with van der Waals surface area (Å²) in [5.74, 6) is 1.51. The standard InChI is InChI=1S/C27H29FN8O4S/c28-17-13-23-25(29-14-17)35(21-9-11-41-12-10-21)27(39)36(26(23)38)20-3-1-18(2-4-20)31-24(37)15-40-22-7-5-19(6-8-22)34-16-30-32-33-34/h5-8,13-14,16,18,20-21H,1-4,9-12,15H2,(H,31,37)/t18-,20+. The van der Waals surface area contributed by atoms with Crippen molar-refractivity contribution >= 4 is 28.7 Å². The summed E-state index contributed by atoms with van der Waals surface area (Å²) in [7, 11) is 0. The summed E-state index contributed by atoms with van der Waals surface area (Å²) in [5.41, 5.74) is 0.122. The minimum atomic E-state index is -0.609. The van der Waals surface area contributed by atoms with Crippen LogP contribution in [0.25, 0.3) is 16.7 Å². The Balaban J connectivity index is 1.11. The summed E-state index contributed by atoms with van der Waals surface area (Å²) in [6.45, 7) is -0.142. The van der Waals surface area contributed by atoms with Crippen LogP contribution in [0.2, 0.25) is 0 Å². The molecule has 4 aromatic rings. The number of nitrogens with zero attached hydrogens (tertiary/aromatic N) is 7. The number of hydrogen-bond acceptors (Lipinski definition) is 9. The van der Waals surface area contributed by atoms with Gasteiger partial charge in [-0.1, -0.05) is 0 Å². The second-order valence-electron chi connectivity index (χ2n) is 10.3. The first-order chi connectivity index (χ1) is 20.0. The van der Waals surface area contributed by atoms with Gasteiger partial charge in [-0.3, -0.25) is 18.7 Å². The number of rotatable bonds is 7. The average molecular weight is 581 g/mol. The third-order valence-corrected chi connectivity index (χ3v) is 8.77. The zero-order chi connectivity index (χ0) is 28.3. The lowest BCUT2D eigenvalue weighted by molar-refractivity contribution is -0.124. The van der Waals surface area contributed by atoms with Gasteiger partial charge >= 0.3 is 5.69 Å². The number of carbonyl (C=O) groups is 1. The van der Waals surface area contributed by atoms with E-state index in [1.807, 2.05) is 11.8 Å². The van der Waals surface area contributed by atoms with E-state index in [0.717, 1.165) is 36.2 Å². The van der Waals surface area contributed by atoms with E-state index in [9.17, 15) is 18.8 Å². The first kappa shape index (κ1) is 27.1. The zero-order valence-electron chi connectivity index (χ0n) is 22.2. The molecule has 1 aliphatic carbocycles. The quantitative estimate of drug-likeness (QED) is 0.349. The number of amides is 1. The Morgan fingerprint density at radius 3 is 2.46 bits per heavy atom. The van der Waals surface area contributed by atoms with E-state index >= 15 is 0 Å². The van der Waals surface area contributed by atoms with E-state index < -0.39 is 11.4 Å². The molecule has 41 heavy (non-hydrogen) atoms. The van der Waals surface area contributed by atoms with Gasteiger partial charge < -0.3 is 10.1 Å². The molecule has 1 saturated heterocycles. The van der Waals surface area contributed by atoms with E-state index in [4.69, 9.17) is 4.74 Å². The van der Waals surface area contributed by atoms with E-state index in [-0.39, 0.29) is 47.4 Å². The maximum Gasteiger partial charge on any atom is 0.333 e. The van der Waals surface area contributed by atoms with Crippen molar-refractivity contribution in [3.05, 3.63) is 69.5 Å². The van der Waals surface area contributed by atoms with Crippen LogP contribution in [0, 0.1) is 5.82 Å². The minimum absolute atomic E-state index is 0.0810. The van der Waals surface area contributed by atoms with Gasteiger partial charge in [0.05, 0.1) is 17.3 Å². The Kier molecular flexibility index (Phi) is 7.81. The monoisotopic (exact) mass is 580 g/mol. The number of nitrogens with one attached hydrogen (secondary N) is 1. The number of tetrazole rings is 1. The van der Waals surface area contributed by atoms with Crippen molar-refractivity contribution in [2.24, 2.45) is 0 Å². The highest BCUT2D eigenvalue weighted by Gasteiger charge is 2.29. The van der Waals surface area contributed by atoms with E-state index in [0.29, 0.717) is 31.4 Å². The third kappa shape index (κ3) is 5.73. The molecule has 4 heterocycles. The summed E-state index contributed by atoms with van der Waals surface area (Å²) in [4.78, 5) is 43.9. The predicted molar refractivity (Wildman–Crippen MR) is 150 cm³/mol. The normalized spacial score (nSPS) is 19.7.